The topological polar surface area (TPSA) is 0 Å². The Morgan fingerprint density at radius 3 is 2.16 bits per heavy atom. The highest BCUT2D eigenvalue weighted by Gasteiger charge is 2.19. The smallest absolute Gasteiger partial charge is 0.166 e. The third kappa shape index (κ3) is 3.18. The first-order valence-electron chi connectivity index (χ1n) is 9.10. The van der Waals surface area contributed by atoms with Gasteiger partial charge in [-0.1, -0.05) is 62.2 Å². The van der Waals surface area contributed by atoms with E-state index in [2.05, 4.69) is 31.2 Å². The molecule has 0 bridgehead atoms. The van der Waals surface area contributed by atoms with Crippen LogP contribution in [0.3, 0.4) is 0 Å². The Morgan fingerprint density at radius 2 is 1.44 bits per heavy atom. The van der Waals surface area contributed by atoms with Crippen molar-refractivity contribution in [1.82, 2.24) is 0 Å². The first-order chi connectivity index (χ1) is 12.1. The Balaban J connectivity index is 1.61. The zero-order valence-corrected chi connectivity index (χ0v) is 14.4. The lowest BCUT2D eigenvalue weighted by Crippen LogP contribution is -2.10. The van der Waals surface area contributed by atoms with Crippen LogP contribution in [-0.2, 0) is 0 Å². The maximum Gasteiger partial charge on any atom is 0.166 e. The van der Waals surface area contributed by atoms with Gasteiger partial charge in [-0.3, -0.25) is 0 Å². The van der Waals surface area contributed by atoms with Crippen molar-refractivity contribution in [3.63, 3.8) is 0 Å². The largest absolute Gasteiger partial charge is 0.204 e. The predicted molar refractivity (Wildman–Crippen MR) is 99.7 cm³/mol. The first-order valence-corrected chi connectivity index (χ1v) is 9.10. The Bertz CT molecular complexity index is 888. The van der Waals surface area contributed by atoms with Crippen LogP contribution in [0, 0.1) is 17.6 Å². The van der Waals surface area contributed by atoms with Gasteiger partial charge in [0.2, 0.25) is 0 Å². The zero-order chi connectivity index (χ0) is 17.4. The van der Waals surface area contributed by atoms with E-state index in [1.54, 1.807) is 12.1 Å². The van der Waals surface area contributed by atoms with Crippen LogP contribution in [0.1, 0.15) is 44.1 Å². The summed E-state index contributed by atoms with van der Waals surface area (Å²) in [6.07, 6.45) is 5.20. The second kappa shape index (κ2) is 6.59. The third-order valence-corrected chi connectivity index (χ3v) is 5.64. The average molecular weight is 336 g/mol. The van der Waals surface area contributed by atoms with E-state index >= 15 is 0 Å². The summed E-state index contributed by atoms with van der Waals surface area (Å²) in [7, 11) is 0. The molecule has 0 atom stereocenters. The highest BCUT2D eigenvalue weighted by atomic mass is 19.2. The van der Waals surface area contributed by atoms with Crippen molar-refractivity contribution in [1.29, 1.82) is 0 Å². The molecule has 3 aromatic carbocycles. The normalized spacial score (nSPS) is 20.8. The van der Waals surface area contributed by atoms with E-state index in [4.69, 9.17) is 0 Å². The summed E-state index contributed by atoms with van der Waals surface area (Å²) in [4.78, 5) is 0. The number of rotatable bonds is 2. The molecule has 4 rings (SSSR count). The summed E-state index contributed by atoms with van der Waals surface area (Å²) < 4.78 is 27.2. The summed E-state index contributed by atoms with van der Waals surface area (Å²) in [6, 6.07) is 17.0. The molecule has 1 saturated carbocycles. The number of halogens is 2. The standard InChI is InChI=1S/C23H22F2/c1-15-2-4-16(5-3-15)17-6-8-18(9-7-17)19-10-12-21-20(14-19)11-13-22(24)23(21)25/h6-16H,2-5H2,1H3. The molecular formula is C23H22F2. The van der Waals surface area contributed by atoms with E-state index in [-0.39, 0.29) is 0 Å². The third-order valence-electron chi connectivity index (χ3n) is 5.64. The molecule has 0 saturated heterocycles. The fourth-order valence-electron chi connectivity index (χ4n) is 3.99. The molecule has 1 fully saturated rings. The molecule has 25 heavy (non-hydrogen) atoms. The van der Waals surface area contributed by atoms with Crippen molar-refractivity contribution in [2.75, 3.05) is 0 Å². The van der Waals surface area contributed by atoms with E-state index in [0.29, 0.717) is 11.3 Å². The lowest BCUT2D eigenvalue weighted by Gasteiger charge is -2.26. The molecule has 1 aliphatic carbocycles. The summed E-state index contributed by atoms with van der Waals surface area (Å²) in [5.74, 6) is -0.0328. The number of fused-ring (bicyclic) bond motifs is 1. The van der Waals surface area contributed by atoms with Gasteiger partial charge in [0, 0.05) is 5.39 Å². The van der Waals surface area contributed by atoms with Gasteiger partial charge in [0.05, 0.1) is 0 Å². The van der Waals surface area contributed by atoms with Crippen molar-refractivity contribution < 1.29 is 8.78 Å². The molecule has 0 unspecified atom stereocenters. The molecule has 1 aliphatic rings. The fraction of sp³-hybridized carbons (Fsp3) is 0.304. The van der Waals surface area contributed by atoms with Crippen LogP contribution in [0.2, 0.25) is 0 Å². The fourth-order valence-corrected chi connectivity index (χ4v) is 3.99. The van der Waals surface area contributed by atoms with Gasteiger partial charge in [0.1, 0.15) is 0 Å². The van der Waals surface area contributed by atoms with Crippen LogP contribution in [0.25, 0.3) is 21.9 Å². The van der Waals surface area contributed by atoms with E-state index in [1.165, 1.54) is 37.3 Å². The number of hydrogen-bond acceptors (Lipinski definition) is 0. The predicted octanol–water partition coefficient (Wildman–Crippen LogP) is 7.08. The van der Waals surface area contributed by atoms with Crippen molar-refractivity contribution in [3.05, 3.63) is 71.8 Å². The lowest BCUT2D eigenvalue weighted by atomic mass is 9.79. The van der Waals surface area contributed by atoms with Crippen LogP contribution in [0.5, 0.6) is 0 Å². The summed E-state index contributed by atoms with van der Waals surface area (Å²) in [5, 5.41) is 1.05. The van der Waals surface area contributed by atoms with Gasteiger partial charge < -0.3 is 0 Å². The maximum absolute atomic E-state index is 13.8. The molecule has 0 nitrogen and oxygen atoms in total. The molecule has 0 aliphatic heterocycles. The summed E-state index contributed by atoms with van der Waals surface area (Å²) in [5.41, 5.74) is 3.56. The molecule has 0 amide bonds. The van der Waals surface area contributed by atoms with Crippen LogP contribution in [0.15, 0.2) is 54.6 Å². The van der Waals surface area contributed by atoms with Gasteiger partial charge in [0.15, 0.2) is 11.6 Å². The Hall–Kier alpha value is -2.22. The number of hydrogen-bond donors (Lipinski definition) is 0. The van der Waals surface area contributed by atoms with Crippen molar-refractivity contribution >= 4 is 10.8 Å². The first kappa shape index (κ1) is 16.3. The van der Waals surface area contributed by atoms with Crippen LogP contribution in [-0.4, -0.2) is 0 Å². The quantitative estimate of drug-likeness (QED) is 0.469. The molecule has 3 aromatic rings. The Kier molecular flexibility index (Phi) is 4.29. The maximum atomic E-state index is 13.8. The van der Waals surface area contributed by atoms with Gasteiger partial charge in [0.25, 0.3) is 0 Å². The highest BCUT2D eigenvalue weighted by Crippen LogP contribution is 2.36. The summed E-state index contributed by atoms with van der Waals surface area (Å²) >= 11 is 0. The minimum atomic E-state index is -0.800. The van der Waals surface area contributed by atoms with E-state index in [0.717, 1.165) is 22.4 Å². The molecule has 128 valence electrons. The zero-order valence-electron chi connectivity index (χ0n) is 14.4. The average Bonchev–Trinajstić information content (AvgIpc) is 2.65. The van der Waals surface area contributed by atoms with Crippen LogP contribution < -0.4 is 0 Å². The minimum Gasteiger partial charge on any atom is -0.204 e. The van der Waals surface area contributed by atoms with Crippen LogP contribution in [0.4, 0.5) is 8.78 Å². The highest BCUT2D eigenvalue weighted by molar-refractivity contribution is 5.87. The van der Waals surface area contributed by atoms with E-state index in [9.17, 15) is 8.78 Å². The van der Waals surface area contributed by atoms with Gasteiger partial charge in [-0.05, 0) is 58.9 Å². The molecule has 0 spiro atoms. The van der Waals surface area contributed by atoms with Crippen molar-refractivity contribution in [2.24, 2.45) is 5.92 Å². The lowest BCUT2D eigenvalue weighted by molar-refractivity contribution is 0.348. The molecule has 0 N–H and O–H groups in total. The Morgan fingerprint density at radius 1 is 0.760 bits per heavy atom. The molecule has 2 heteroatoms. The molecule has 0 radical (unpaired) electrons. The monoisotopic (exact) mass is 336 g/mol. The minimum absolute atomic E-state index is 0.330. The second-order valence-electron chi connectivity index (χ2n) is 7.38. The SMILES string of the molecule is CC1CCC(c2ccc(-c3ccc4c(F)c(F)ccc4c3)cc2)CC1. The molecular weight excluding hydrogens is 314 g/mol. The van der Waals surface area contributed by atoms with Crippen molar-refractivity contribution in [3.8, 4) is 11.1 Å². The number of benzene rings is 3. The van der Waals surface area contributed by atoms with Gasteiger partial charge in [-0.2, -0.15) is 0 Å². The van der Waals surface area contributed by atoms with Gasteiger partial charge in [-0.25, -0.2) is 8.78 Å². The summed E-state index contributed by atoms with van der Waals surface area (Å²) in [6.45, 7) is 2.34. The van der Waals surface area contributed by atoms with E-state index in [1.807, 2.05) is 12.1 Å². The van der Waals surface area contributed by atoms with Gasteiger partial charge >= 0.3 is 0 Å². The van der Waals surface area contributed by atoms with Gasteiger partial charge in [-0.15, -0.1) is 0 Å². The van der Waals surface area contributed by atoms with E-state index < -0.39 is 11.6 Å². The van der Waals surface area contributed by atoms with Crippen molar-refractivity contribution in [2.45, 2.75) is 38.5 Å². The molecule has 0 aromatic heterocycles. The Labute approximate surface area is 147 Å². The molecule has 0 heterocycles. The second-order valence-corrected chi connectivity index (χ2v) is 7.38. The van der Waals surface area contributed by atoms with Crippen LogP contribution >= 0.6 is 0 Å².